The summed E-state index contributed by atoms with van der Waals surface area (Å²) in [6.07, 6.45) is 6.69. The van der Waals surface area contributed by atoms with Gasteiger partial charge in [-0.1, -0.05) is 44.9 Å². The molecule has 0 saturated heterocycles. The maximum Gasteiger partial charge on any atom is 0.331 e. The van der Waals surface area contributed by atoms with Gasteiger partial charge in [-0.25, -0.2) is 4.79 Å². The van der Waals surface area contributed by atoms with Gasteiger partial charge in [0.05, 0.1) is 0 Å². The number of carboxylic acids is 1. The Morgan fingerprint density at radius 1 is 1.05 bits per heavy atom. The van der Waals surface area contributed by atoms with Crippen molar-refractivity contribution in [1.82, 2.24) is 0 Å². The molecule has 2 heteroatoms. The summed E-state index contributed by atoms with van der Waals surface area (Å²) >= 11 is 0. The van der Waals surface area contributed by atoms with Crippen molar-refractivity contribution >= 4 is 5.97 Å². The van der Waals surface area contributed by atoms with Crippen LogP contribution in [-0.4, -0.2) is 11.1 Å². The number of aliphatic carboxylic acids is 1. The van der Waals surface area contributed by atoms with E-state index in [0.717, 1.165) is 31.3 Å². The molecule has 0 aliphatic rings. The molecule has 0 amide bonds. The monoisotopic (exact) mass is 280 g/mol. The van der Waals surface area contributed by atoms with E-state index in [2.05, 4.69) is 47.6 Å². The van der Waals surface area contributed by atoms with Crippen LogP contribution in [0.3, 0.4) is 0 Å². The zero-order valence-electron chi connectivity index (χ0n) is 14.1. The molecule has 0 atom stereocenters. The summed E-state index contributed by atoms with van der Waals surface area (Å²) < 4.78 is 0. The van der Waals surface area contributed by atoms with Crippen LogP contribution in [0.15, 0.2) is 22.8 Å². The van der Waals surface area contributed by atoms with Crippen LogP contribution in [0.1, 0.15) is 73.6 Å². The highest BCUT2D eigenvalue weighted by atomic mass is 16.4. The average molecular weight is 280 g/mol. The van der Waals surface area contributed by atoms with E-state index in [-0.39, 0.29) is 0 Å². The standard InChI is InChI=1S/C18H32O2/c1-13(2)8-7-9-16(11-10-14(3)4)17(18(19)20)12-15(5)6/h8,14-15H,7,9-12H2,1-6H3,(H,19,20)/b17-16-. The first kappa shape index (κ1) is 18.9. The molecule has 0 spiro atoms. The molecule has 1 N–H and O–H groups in total. The van der Waals surface area contributed by atoms with Crippen LogP contribution in [0, 0.1) is 11.8 Å². The maximum atomic E-state index is 11.5. The zero-order chi connectivity index (χ0) is 15.7. The number of carboxylic acid groups (broad SMARTS) is 1. The highest BCUT2D eigenvalue weighted by Gasteiger charge is 2.15. The normalized spacial score (nSPS) is 12.6. The molecule has 2 nitrogen and oxygen atoms in total. The lowest BCUT2D eigenvalue weighted by atomic mass is 9.90. The average Bonchev–Trinajstić information content (AvgIpc) is 2.29. The molecule has 0 aromatic heterocycles. The molecule has 0 rings (SSSR count). The molecule has 0 aliphatic heterocycles. The number of hydrogen-bond acceptors (Lipinski definition) is 1. The molecular formula is C18H32O2. The second kappa shape index (κ2) is 9.79. The number of allylic oxidation sites excluding steroid dienone is 3. The van der Waals surface area contributed by atoms with E-state index in [0.29, 0.717) is 23.8 Å². The number of hydrogen-bond donors (Lipinski definition) is 1. The van der Waals surface area contributed by atoms with Crippen LogP contribution in [-0.2, 0) is 4.79 Å². The molecule has 0 fully saturated rings. The second-order valence-corrected chi connectivity index (χ2v) is 6.74. The Morgan fingerprint density at radius 3 is 2.05 bits per heavy atom. The molecule has 20 heavy (non-hydrogen) atoms. The molecule has 0 aromatic carbocycles. The molecule has 0 heterocycles. The summed E-state index contributed by atoms with van der Waals surface area (Å²) in [7, 11) is 0. The fourth-order valence-corrected chi connectivity index (χ4v) is 2.22. The lowest BCUT2D eigenvalue weighted by Gasteiger charge is -2.15. The molecule has 116 valence electrons. The molecule has 0 aliphatic carbocycles. The van der Waals surface area contributed by atoms with Gasteiger partial charge in [-0.05, 0) is 57.8 Å². The van der Waals surface area contributed by atoms with Crippen LogP contribution >= 0.6 is 0 Å². The van der Waals surface area contributed by atoms with Gasteiger partial charge in [-0.3, -0.25) is 0 Å². The van der Waals surface area contributed by atoms with Gasteiger partial charge >= 0.3 is 5.97 Å². The van der Waals surface area contributed by atoms with E-state index in [1.165, 1.54) is 5.57 Å². The highest BCUT2D eigenvalue weighted by Crippen LogP contribution is 2.25. The molecule has 0 unspecified atom stereocenters. The summed E-state index contributed by atoms with van der Waals surface area (Å²) in [5.41, 5.74) is 3.11. The van der Waals surface area contributed by atoms with E-state index in [1.807, 2.05) is 0 Å². The van der Waals surface area contributed by atoms with Crippen molar-refractivity contribution in [2.24, 2.45) is 11.8 Å². The van der Waals surface area contributed by atoms with Crippen LogP contribution < -0.4 is 0 Å². The van der Waals surface area contributed by atoms with Crippen molar-refractivity contribution in [3.8, 4) is 0 Å². The van der Waals surface area contributed by atoms with E-state index in [9.17, 15) is 9.90 Å². The minimum Gasteiger partial charge on any atom is -0.478 e. The predicted molar refractivity (Wildman–Crippen MR) is 86.9 cm³/mol. The van der Waals surface area contributed by atoms with E-state index >= 15 is 0 Å². The van der Waals surface area contributed by atoms with Crippen molar-refractivity contribution in [1.29, 1.82) is 0 Å². The topological polar surface area (TPSA) is 37.3 Å². The molecular weight excluding hydrogens is 248 g/mol. The Balaban J connectivity index is 5.08. The quantitative estimate of drug-likeness (QED) is 0.441. The third kappa shape index (κ3) is 8.95. The van der Waals surface area contributed by atoms with E-state index in [4.69, 9.17) is 0 Å². The van der Waals surface area contributed by atoms with E-state index in [1.54, 1.807) is 0 Å². The van der Waals surface area contributed by atoms with Gasteiger partial charge in [0.2, 0.25) is 0 Å². The fraction of sp³-hybridized carbons (Fsp3) is 0.722. The Bertz CT molecular complexity index is 356. The first-order valence-corrected chi connectivity index (χ1v) is 7.81. The molecule has 0 bridgehead atoms. The minimum atomic E-state index is -0.727. The van der Waals surface area contributed by atoms with Gasteiger partial charge in [-0.15, -0.1) is 0 Å². The van der Waals surface area contributed by atoms with Gasteiger partial charge in [-0.2, -0.15) is 0 Å². The van der Waals surface area contributed by atoms with E-state index < -0.39 is 5.97 Å². The zero-order valence-corrected chi connectivity index (χ0v) is 14.1. The first-order valence-electron chi connectivity index (χ1n) is 7.81. The first-order chi connectivity index (χ1) is 9.23. The maximum absolute atomic E-state index is 11.5. The molecule has 0 aromatic rings. The Kier molecular flexibility index (Phi) is 9.28. The van der Waals surface area contributed by atoms with Crippen LogP contribution in [0.5, 0.6) is 0 Å². The molecule has 0 radical (unpaired) electrons. The Hall–Kier alpha value is -1.05. The third-order valence-electron chi connectivity index (χ3n) is 3.32. The van der Waals surface area contributed by atoms with Crippen molar-refractivity contribution in [2.75, 3.05) is 0 Å². The highest BCUT2D eigenvalue weighted by molar-refractivity contribution is 5.87. The smallest absolute Gasteiger partial charge is 0.331 e. The van der Waals surface area contributed by atoms with Gasteiger partial charge in [0, 0.05) is 5.57 Å². The van der Waals surface area contributed by atoms with Gasteiger partial charge in [0.1, 0.15) is 0 Å². The van der Waals surface area contributed by atoms with Gasteiger partial charge in [0.15, 0.2) is 0 Å². The van der Waals surface area contributed by atoms with Crippen molar-refractivity contribution in [3.05, 3.63) is 22.8 Å². The number of rotatable bonds is 9. The Morgan fingerprint density at radius 2 is 1.65 bits per heavy atom. The van der Waals surface area contributed by atoms with Crippen molar-refractivity contribution < 1.29 is 9.90 Å². The summed E-state index contributed by atoms with van der Waals surface area (Å²) in [6.45, 7) is 12.7. The predicted octanol–water partition coefficient (Wildman–Crippen LogP) is 5.60. The number of carbonyl (C=O) groups is 1. The largest absolute Gasteiger partial charge is 0.478 e. The van der Waals surface area contributed by atoms with Crippen LogP contribution in [0.25, 0.3) is 0 Å². The summed E-state index contributed by atoms with van der Waals surface area (Å²) in [6, 6.07) is 0. The lowest BCUT2D eigenvalue weighted by molar-refractivity contribution is -0.133. The van der Waals surface area contributed by atoms with Crippen molar-refractivity contribution in [3.63, 3.8) is 0 Å². The lowest BCUT2D eigenvalue weighted by Crippen LogP contribution is -2.09. The van der Waals surface area contributed by atoms with Crippen molar-refractivity contribution in [2.45, 2.75) is 73.6 Å². The fourth-order valence-electron chi connectivity index (χ4n) is 2.22. The van der Waals surface area contributed by atoms with Crippen LogP contribution in [0.2, 0.25) is 0 Å². The van der Waals surface area contributed by atoms with Gasteiger partial charge in [0.25, 0.3) is 0 Å². The summed E-state index contributed by atoms with van der Waals surface area (Å²) in [5.74, 6) is 0.274. The summed E-state index contributed by atoms with van der Waals surface area (Å²) in [4.78, 5) is 11.5. The minimum absolute atomic E-state index is 0.388. The molecule has 0 saturated carbocycles. The second-order valence-electron chi connectivity index (χ2n) is 6.74. The summed E-state index contributed by atoms with van der Waals surface area (Å²) in [5, 5.41) is 9.49. The van der Waals surface area contributed by atoms with Gasteiger partial charge < -0.3 is 5.11 Å². The Labute approximate surface area is 125 Å². The third-order valence-corrected chi connectivity index (χ3v) is 3.32. The van der Waals surface area contributed by atoms with Crippen LogP contribution in [0.4, 0.5) is 0 Å². The SMILES string of the molecule is CC(C)=CCC/C(CCC(C)C)=C(\CC(C)C)C(=O)O.